The number of aromatic nitrogens is 2. The van der Waals surface area contributed by atoms with E-state index >= 15 is 0 Å². The third kappa shape index (κ3) is 9.66. The number of amides is 3. The number of H-pyrrole nitrogens is 1. The Labute approximate surface area is 259 Å². The van der Waals surface area contributed by atoms with Gasteiger partial charge in [0, 0.05) is 29.2 Å². The number of anilines is 5. The first-order valence-electron chi connectivity index (χ1n) is 14.3. The fraction of sp³-hybridized carbons (Fsp3) is 0.250. The number of aryl methyl sites for hydroxylation is 1. The molecule has 45 heavy (non-hydrogen) atoms. The highest BCUT2D eigenvalue weighted by atomic mass is 19.4. The standard InChI is InChI=1S/C32H34F3N7O3/c1-4-42(5-2)15-16-45-26-13-11-24(12-14-26)38-28-19-29(37-20-36-28)41-31(44)40-27-18-25(10-9-21(27)3)39-30(43)22-7-6-8-23(17-22)32(33,34)35/h6-14,17-20H,4-5,15-16H2,1-3H3,(H,39,43)(H3,36,37,38,40,41,44)/p+1. The summed E-state index contributed by atoms with van der Waals surface area (Å²) in [6.07, 6.45) is -3.14. The van der Waals surface area contributed by atoms with Crippen LogP contribution in [0.15, 0.2) is 79.1 Å². The number of carbonyl (C=O) groups is 2. The van der Waals surface area contributed by atoms with Crippen molar-refractivity contribution >= 4 is 40.6 Å². The van der Waals surface area contributed by atoms with Gasteiger partial charge in [-0.3, -0.25) is 10.1 Å². The second kappa shape index (κ2) is 15.0. The Hall–Kier alpha value is -5.17. The van der Waals surface area contributed by atoms with Crippen LogP contribution in [-0.2, 0) is 6.18 Å². The van der Waals surface area contributed by atoms with Crippen LogP contribution in [0, 0.1) is 6.92 Å². The Morgan fingerprint density at radius 2 is 1.64 bits per heavy atom. The fourth-order valence-electron chi connectivity index (χ4n) is 4.29. The molecule has 5 N–H and O–H groups in total. The van der Waals surface area contributed by atoms with Gasteiger partial charge in [0.15, 0.2) is 0 Å². The Kier molecular flexibility index (Phi) is 10.9. The van der Waals surface area contributed by atoms with Crippen LogP contribution in [0.1, 0.15) is 35.3 Å². The average Bonchev–Trinajstić information content (AvgIpc) is 3.01. The second-order valence-electron chi connectivity index (χ2n) is 10.0. The third-order valence-electron chi connectivity index (χ3n) is 6.85. The molecule has 3 aromatic carbocycles. The van der Waals surface area contributed by atoms with Gasteiger partial charge < -0.3 is 20.3 Å². The molecule has 236 valence electrons. The van der Waals surface area contributed by atoms with Crippen molar-refractivity contribution in [3.05, 3.63) is 95.8 Å². The number of carbonyl (C=O) groups excluding carboxylic acids is 2. The second-order valence-corrected chi connectivity index (χ2v) is 10.0. The zero-order valence-corrected chi connectivity index (χ0v) is 25.1. The molecular formula is C32H35F3N7O3+. The molecule has 1 heterocycles. The monoisotopic (exact) mass is 622 g/mol. The summed E-state index contributed by atoms with van der Waals surface area (Å²) >= 11 is 0. The van der Waals surface area contributed by atoms with Gasteiger partial charge >= 0.3 is 12.2 Å². The van der Waals surface area contributed by atoms with E-state index in [9.17, 15) is 22.8 Å². The molecule has 1 aromatic heterocycles. The summed E-state index contributed by atoms with van der Waals surface area (Å²) in [7, 11) is 0. The van der Waals surface area contributed by atoms with E-state index in [0.717, 1.165) is 43.2 Å². The summed E-state index contributed by atoms with van der Waals surface area (Å²) in [6, 6.07) is 17.4. The van der Waals surface area contributed by atoms with E-state index in [-0.39, 0.29) is 5.56 Å². The van der Waals surface area contributed by atoms with E-state index in [1.807, 2.05) is 24.3 Å². The molecule has 3 amide bonds. The molecule has 0 aliphatic heterocycles. The number of aromatic amines is 1. The molecule has 0 aliphatic rings. The van der Waals surface area contributed by atoms with Crippen molar-refractivity contribution in [2.45, 2.75) is 26.9 Å². The highest BCUT2D eigenvalue weighted by Gasteiger charge is 2.31. The van der Waals surface area contributed by atoms with Gasteiger partial charge in [-0.05, 0) is 80.2 Å². The lowest BCUT2D eigenvalue weighted by Gasteiger charge is -2.18. The van der Waals surface area contributed by atoms with E-state index in [2.05, 4.69) is 50.0 Å². The summed E-state index contributed by atoms with van der Waals surface area (Å²) in [5.74, 6) is 0.877. The van der Waals surface area contributed by atoms with E-state index in [1.54, 1.807) is 25.1 Å². The summed E-state index contributed by atoms with van der Waals surface area (Å²) in [5, 5.41) is 11.2. The number of alkyl halides is 3. The van der Waals surface area contributed by atoms with Crippen LogP contribution in [0.4, 0.5) is 46.7 Å². The largest absolute Gasteiger partial charge is 0.492 e. The van der Waals surface area contributed by atoms with Crippen molar-refractivity contribution < 1.29 is 32.5 Å². The van der Waals surface area contributed by atoms with Crippen LogP contribution in [0.5, 0.6) is 5.75 Å². The molecule has 0 saturated carbocycles. The predicted molar refractivity (Wildman–Crippen MR) is 167 cm³/mol. The number of ether oxygens (including phenoxy) is 1. The Balaban J connectivity index is 1.33. The summed E-state index contributed by atoms with van der Waals surface area (Å²) < 4.78 is 45.0. The molecule has 10 nitrogen and oxygen atoms in total. The Morgan fingerprint density at radius 1 is 0.911 bits per heavy atom. The number of hydrogen-bond donors (Lipinski definition) is 4. The molecule has 0 atom stereocenters. The van der Waals surface area contributed by atoms with Crippen molar-refractivity contribution in [1.29, 1.82) is 0 Å². The van der Waals surface area contributed by atoms with E-state index in [1.165, 1.54) is 24.5 Å². The van der Waals surface area contributed by atoms with Crippen LogP contribution in [-0.4, -0.2) is 48.1 Å². The first-order valence-corrected chi connectivity index (χ1v) is 14.3. The van der Waals surface area contributed by atoms with Crippen molar-refractivity contribution in [1.82, 2.24) is 9.88 Å². The molecule has 0 unspecified atom stereocenters. The normalized spacial score (nSPS) is 11.2. The number of benzene rings is 3. The molecule has 0 saturated heterocycles. The van der Waals surface area contributed by atoms with E-state index in [4.69, 9.17) is 4.74 Å². The molecule has 0 aliphatic carbocycles. The quantitative estimate of drug-likeness (QED) is 0.142. The van der Waals surface area contributed by atoms with Gasteiger partial charge in [0.05, 0.1) is 11.6 Å². The van der Waals surface area contributed by atoms with Crippen molar-refractivity contribution in [3.63, 3.8) is 0 Å². The van der Waals surface area contributed by atoms with Gasteiger partial charge in [0.2, 0.25) is 18.0 Å². The maximum atomic E-state index is 13.0. The topological polar surface area (TPSA) is 122 Å². The van der Waals surface area contributed by atoms with Gasteiger partial charge in [-0.25, -0.2) is 15.1 Å². The molecule has 13 heteroatoms. The van der Waals surface area contributed by atoms with Crippen LogP contribution >= 0.6 is 0 Å². The van der Waals surface area contributed by atoms with Gasteiger partial charge in [-0.15, -0.1) is 0 Å². The summed E-state index contributed by atoms with van der Waals surface area (Å²) in [5.41, 5.74) is 1.09. The first-order chi connectivity index (χ1) is 21.5. The van der Waals surface area contributed by atoms with Crippen molar-refractivity contribution in [2.24, 2.45) is 0 Å². The van der Waals surface area contributed by atoms with Gasteiger partial charge in [-0.2, -0.15) is 13.2 Å². The van der Waals surface area contributed by atoms with E-state index in [0.29, 0.717) is 35.2 Å². The predicted octanol–water partition coefficient (Wildman–Crippen LogP) is 6.58. The van der Waals surface area contributed by atoms with E-state index < -0.39 is 23.7 Å². The van der Waals surface area contributed by atoms with Gasteiger partial charge in [0.1, 0.15) is 12.4 Å². The number of nitrogens with zero attached hydrogens (tertiary/aromatic N) is 2. The number of urea groups is 1. The van der Waals surface area contributed by atoms with Crippen LogP contribution in [0.3, 0.4) is 0 Å². The highest BCUT2D eigenvalue weighted by Crippen LogP contribution is 2.30. The zero-order chi connectivity index (χ0) is 32.4. The maximum Gasteiger partial charge on any atom is 0.416 e. The number of rotatable bonds is 12. The SMILES string of the molecule is CCN(CC)CCOc1ccc(Nc2cc(NC(=O)Nc3cc(NC(=O)c4cccc(C(F)(F)F)c4)ccc3C)[nH+]cn2)cc1. The lowest BCUT2D eigenvalue weighted by Crippen LogP contribution is -2.27. The van der Waals surface area contributed by atoms with Gasteiger partial charge in [-0.1, -0.05) is 31.0 Å². The molecule has 0 fully saturated rings. The highest BCUT2D eigenvalue weighted by molar-refractivity contribution is 6.05. The van der Waals surface area contributed by atoms with Crippen molar-refractivity contribution in [2.75, 3.05) is 47.5 Å². The summed E-state index contributed by atoms with van der Waals surface area (Å²) in [4.78, 5) is 34.8. The number of hydrogen-bond acceptors (Lipinski definition) is 6. The molecule has 0 spiro atoms. The molecule has 4 rings (SSSR count). The third-order valence-corrected chi connectivity index (χ3v) is 6.85. The van der Waals surface area contributed by atoms with Gasteiger partial charge in [0.25, 0.3) is 5.91 Å². The van der Waals surface area contributed by atoms with Crippen LogP contribution in [0.2, 0.25) is 0 Å². The number of likely N-dealkylation sites (N-methyl/N-ethyl adjacent to an activating group) is 1. The van der Waals surface area contributed by atoms with Crippen molar-refractivity contribution in [3.8, 4) is 5.75 Å². The maximum absolute atomic E-state index is 13.0. The Morgan fingerprint density at radius 3 is 2.36 bits per heavy atom. The lowest BCUT2D eigenvalue weighted by molar-refractivity contribution is -0.365. The fourth-order valence-corrected chi connectivity index (χ4v) is 4.29. The minimum atomic E-state index is -4.57. The van der Waals surface area contributed by atoms with Crippen LogP contribution < -0.4 is 31.0 Å². The first kappa shape index (κ1) is 32.7. The molecule has 0 bridgehead atoms. The smallest absolute Gasteiger partial charge is 0.416 e. The minimum absolute atomic E-state index is 0.148. The molecule has 4 aromatic rings. The Bertz CT molecular complexity index is 1610. The lowest BCUT2D eigenvalue weighted by atomic mass is 10.1. The average molecular weight is 623 g/mol. The molecule has 0 radical (unpaired) electrons. The zero-order valence-electron chi connectivity index (χ0n) is 25.1. The van der Waals surface area contributed by atoms with Crippen LogP contribution in [0.25, 0.3) is 0 Å². The number of nitrogens with one attached hydrogen (secondary N) is 5. The summed E-state index contributed by atoms with van der Waals surface area (Å²) in [6.45, 7) is 9.40. The minimum Gasteiger partial charge on any atom is -0.492 e. The molecular weight excluding hydrogens is 587 g/mol. The number of halogens is 3.